The summed E-state index contributed by atoms with van der Waals surface area (Å²) < 4.78 is 21.9. The molecule has 4 nitrogen and oxygen atoms in total. The van der Waals surface area contributed by atoms with Crippen molar-refractivity contribution in [3.8, 4) is 0 Å². The van der Waals surface area contributed by atoms with Crippen LogP contribution in [0.4, 0.5) is 5.82 Å². The Morgan fingerprint density at radius 3 is 2.53 bits per heavy atom. The third-order valence-corrected chi connectivity index (χ3v) is 3.81. The largest absolute Gasteiger partial charge is 0.367 e. The van der Waals surface area contributed by atoms with Crippen LogP contribution in [0.2, 0.25) is 0 Å². The maximum Gasteiger partial charge on any atom is 0.262 e. The van der Waals surface area contributed by atoms with E-state index in [4.69, 9.17) is 10.7 Å². The zero-order valence-electron chi connectivity index (χ0n) is 7.98. The van der Waals surface area contributed by atoms with Crippen molar-refractivity contribution in [2.75, 3.05) is 5.32 Å². The predicted octanol–water partition coefficient (Wildman–Crippen LogP) is 1.97. The lowest BCUT2D eigenvalue weighted by molar-refractivity contribution is 0.444. The van der Waals surface area contributed by atoms with E-state index < -0.39 is 9.05 Å². The number of nitrogens with one attached hydrogen (secondary N) is 1. The number of nitrogens with zero attached hydrogens (tertiary/aromatic N) is 1. The summed E-state index contributed by atoms with van der Waals surface area (Å²) >= 11 is 0. The Balaban J connectivity index is 2.09. The first kappa shape index (κ1) is 10.7. The number of halogens is 1. The second-order valence-electron chi connectivity index (χ2n) is 3.59. The normalized spacial score (nSPS) is 17.1. The zero-order chi connectivity index (χ0) is 10.9. The van der Waals surface area contributed by atoms with E-state index in [1.165, 1.54) is 18.7 Å². The molecule has 0 spiro atoms. The molecule has 1 aromatic rings. The van der Waals surface area contributed by atoms with E-state index in [9.17, 15) is 8.42 Å². The number of pyridine rings is 1. The van der Waals surface area contributed by atoms with Gasteiger partial charge in [0, 0.05) is 22.9 Å². The average molecular weight is 247 g/mol. The molecule has 0 saturated heterocycles. The third kappa shape index (κ3) is 2.60. The minimum atomic E-state index is -3.66. The van der Waals surface area contributed by atoms with Gasteiger partial charge in [-0.3, -0.25) is 0 Å². The van der Waals surface area contributed by atoms with E-state index in [1.54, 1.807) is 6.07 Å². The number of hydrogen-bond donors (Lipinski definition) is 1. The molecule has 0 bridgehead atoms. The van der Waals surface area contributed by atoms with Crippen LogP contribution in [0.25, 0.3) is 0 Å². The molecule has 1 aromatic heterocycles. The summed E-state index contributed by atoms with van der Waals surface area (Å²) in [6.07, 6.45) is 4.81. The molecule has 0 atom stereocenters. The Hall–Kier alpha value is -0.810. The van der Waals surface area contributed by atoms with Gasteiger partial charge in [0.25, 0.3) is 9.05 Å². The van der Waals surface area contributed by atoms with Gasteiger partial charge in [-0.25, -0.2) is 13.4 Å². The van der Waals surface area contributed by atoms with E-state index in [0.29, 0.717) is 11.9 Å². The summed E-state index contributed by atoms with van der Waals surface area (Å²) in [4.78, 5) is 4.02. The zero-order valence-corrected chi connectivity index (χ0v) is 9.55. The number of anilines is 1. The molecule has 82 valence electrons. The SMILES string of the molecule is O=S(=O)(Cl)c1ccc(NC2CCC2)nc1. The summed E-state index contributed by atoms with van der Waals surface area (Å²) in [7, 11) is 1.51. The van der Waals surface area contributed by atoms with Crippen molar-refractivity contribution in [2.24, 2.45) is 0 Å². The van der Waals surface area contributed by atoms with Gasteiger partial charge in [0.2, 0.25) is 0 Å². The van der Waals surface area contributed by atoms with Gasteiger partial charge in [-0.05, 0) is 31.4 Å². The van der Waals surface area contributed by atoms with Gasteiger partial charge >= 0.3 is 0 Å². The van der Waals surface area contributed by atoms with Crippen LogP contribution in [0.15, 0.2) is 23.2 Å². The number of rotatable bonds is 3. The van der Waals surface area contributed by atoms with Crippen LogP contribution < -0.4 is 5.32 Å². The smallest absolute Gasteiger partial charge is 0.262 e. The Bertz CT molecular complexity index is 440. The lowest BCUT2D eigenvalue weighted by Gasteiger charge is -2.26. The fraction of sp³-hybridized carbons (Fsp3) is 0.444. The lowest BCUT2D eigenvalue weighted by atomic mass is 9.93. The molecule has 1 N–H and O–H groups in total. The summed E-state index contributed by atoms with van der Waals surface area (Å²) in [5, 5.41) is 3.21. The average Bonchev–Trinajstić information content (AvgIpc) is 2.11. The summed E-state index contributed by atoms with van der Waals surface area (Å²) in [5.74, 6) is 0.698. The van der Waals surface area contributed by atoms with Crippen LogP contribution in [-0.4, -0.2) is 19.4 Å². The van der Waals surface area contributed by atoms with Crippen molar-refractivity contribution in [3.63, 3.8) is 0 Å². The van der Waals surface area contributed by atoms with Gasteiger partial charge in [0.1, 0.15) is 10.7 Å². The second kappa shape index (κ2) is 3.98. The van der Waals surface area contributed by atoms with E-state index in [0.717, 1.165) is 12.8 Å². The molecule has 0 unspecified atom stereocenters. The third-order valence-electron chi connectivity index (χ3n) is 2.48. The molecular weight excluding hydrogens is 236 g/mol. The fourth-order valence-electron chi connectivity index (χ4n) is 1.37. The van der Waals surface area contributed by atoms with Gasteiger partial charge in [0.15, 0.2) is 0 Å². The van der Waals surface area contributed by atoms with Crippen LogP contribution >= 0.6 is 10.7 Å². The van der Waals surface area contributed by atoms with Crippen LogP contribution in [0.5, 0.6) is 0 Å². The molecule has 0 radical (unpaired) electrons. The maximum absolute atomic E-state index is 10.9. The molecule has 1 heterocycles. The van der Waals surface area contributed by atoms with Crippen molar-refractivity contribution >= 4 is 25.6 Å². The molecule has 1 aliphatic rings. The van der Waals surface area contributed by atoms with Crippen LogP contribution in [0.1, 0.15) is 19.3 Å². The molecule has 0 aliphatic heterocycles. The van der Waals surface area contributed by atoms with Gasteiger partial charge in [-0.1, -0.05) is 0 Å². The Labute approximate surface area is 93.1 Å². The van der Waals surface area contributed by atoms with Gasteiger partial charge in [0.05, 0.1) is 0 Å². The standard InChI is InChI=1S/C9H11ClN2O2S/c10-15(13,14)8-4-5-9(11-6-8)12-7-2-1-3-7/h4-7H,1-3H2,(H,11,12). The second-order valence-corrected chi connectivity index (χ2v) is 6.16. The first-order valence-electron chi connectivity index (χ1n) is 4.73. The quantitative estimate of drug-likeness (QED) is 0.829. The van der Waals surface area contributed by atoms with Crippen molar-refractivity contribution in [1.29, 1.82) is 0 Å². The minimum Gasteiger partial charge on any atom is -0.367 e. The maximum atomic E-state index is 10.9. The first-order chi connectivity index (χ1) is 7.05. The topological polar surface area (TPSA) is 59.1 Å². The molecule has 6 heteroatoms. The van der Waals surface area contributed by atoms with E-state index in [2.05, 4.69) is 10.3 Å². The van der Waals surface area contributed by atoms with Gasteiger partial charge < -0.3 is 5.32 Å². The molecule has 1 saturated carbocycles. The minimum absolute atomic E-state index is 0.0309. The summed E-state index contributed by atoms with van der Waals surface area (Å²) in [6.45, 7) is 0. The van der Waals surface area contributed by atoms with Gasteiger partial charge in [-0.2, -0.15) is 0 Å². The molecule has 0 amide bonds. The lowest BCUT2D eigenvalue weighted by Crippen LogP contribution is -2.27. The van der Waals surface area contributed by atoms with Crippen LogP contribution in [0, 0.1) is 0 Å². The Morgan fingerprint density at radius 2 is 2.13 bits per heavy atom. The van der Waals surface area contributed by atoms with Crippen molar-refractivity contribution in [2.45, 2.75) is 30.2 Å². The fourth-order valence-corrected chi connectivity index (χ4v) is 2.05. The van der Waals surface area contributed by atoms with Crippen molar-refractivity contribution in [1.82, 2.24) is 4.98 Å². The summed E-state index contributed by atoms with van der Waals surface area (Å²) in [5.41, 5.74) is 0. The molecule has 0 aromatic carbocycles. The highest BCUT2D eigenvalue weighted by Gasteiger charge is 2.17. The van der Waals surface area contributed by atoms with E-state index in [-0.39, 0.29) is 4.90 Å². The monoisotopic (exact) mass is 246 g/mol. The van der Waals surface area contributed by atoms with Crippen LogP contribution in [0.3, 0.4) is 0 Å². The molecule has 2 rings (SSSR count). The molecule has 1 aliphatic carbocycles. The molecular formula is C9H11ClN2O2S. The van der Waals surface area contributed by atoms with Crippen molar-refractivity contribution in [3.05, 3.63) is 18.3 Å². The highest BCUT2D eigenvalue weighted by atomic mass is 35.7. The summed E-state index contributed by atoms with van der Waals surface area (Å²) in [6, 6.07) is 3.57. The Morgan fingerprint density at radius 1 is 1.40 bits per heavy atom. The molecule has 1 fully saturated rings. The number of hydrogen-bond acceptors (Lipinski definition) is 4. The Kier molecular flexibility index (Phi) is 2.84. The van der Waals surface area contributed by atoms with Crippen molar-refractivity contribution < 1.29 is 8.42 Å². The highest BCUT2D eigenvalue weighted by molar-refractivity contribution is 8.13. The van der Waals surface area contributed by atoms with E-state index >= 15 is 0 Å². The van der Waals surface area contributed by atoms with E-state index in [1.807, 2.05) is 0 Å². The first-order valence-corrected chi connectivity index (χ1v) is 7.04. The van der Waals surface area contributed by atoms with Gasteiger partial charge in [-0.15, -0.1) is 0 Å². The van der Waals surface area contributed by atoms with Crippen LogP contribution in [-0.2, 0) is 9.05 Å². The highest BCUT2D eigenvalue weighted by Crippen LogP contribution is 2.23. The molecule has 15 heavy (non-hydrogen) atoms. The predicted molar refractivity (Wildman–Crippen MR) is 58.5 cm³/mol. The number of aromatic nitrogens is 1.